The average Bonchev–Trinajstić information content (AvgIpc) is 2.88. The Morgan fingerprint density at radius 3 is 1.75 bits per heavy atom. The van der Waals surface area contributed by atoms with Gasteiger partial charge in [-0.2, -0.15) is 0 Å². The zero-order valence-corrected chi connectivity index (χ0v) is 22.0. The van der Waals surface area contributed by atoms with Crippen molar-refractivity contribution in [2.75, 3.05) is 26.4 Å². The van der Waals surface area contributed by atoms with Crippen LogP contribution in [0.2, 0.25) is 0 Å². The fourth-order valence-corrected chi connectivity index (χ4v) is 4.18. The normalized spacial score (nSPS) is 11.0. The molecule has 0 atom stereocenters. The Bertz CT molecular complexity index is 1180. The Morgan fingerprint density at radius 2 is 1.19 bits per heavy atom. The zero-order chi connectivity index (χ0) is 25.9. The number of fused-ring (bicyclic) bond motifs is 2. The van der Waals surface area contributed by atoms with Crippen molar-refractivity contribution in [2.45, 2.75) is 66.2 Å². The third kappa shape index (κ3) is 6.90. The Hall–Kier alpha value is -3.28. The first-order chi connectivity index (χ1) is 17.5. The lowest BCUT2D eigenvalue weighted by Gasteiger charge is -2.19. The van der Waals surface area contributed by atoms with Crippen LogP contribution in [0.5, 0.6) is 11.5 Å². The molecular weight excluding hydrogens is 456 g/mol. The third-order valence-corrected chi connectivity index (χ3v) is 6.31. The minimum absolute atomic E-state index is 0.178. The molecule has 6 heteroatoms. The number of ether oxygens (including phenoxy) is 4. The molecule has 0 saturated carbocycles. The summed E-state index contributed by atoms with van der Waals surface area (Å²) in [6, 6.07) is 11.7. The molecule has 36 heavy (non-hydrogen) atoms. The lowest BCUT2D eigenvalue weighted by Crippen LogP contribution is -2.17. The van der Waals surface area contributed by atoms with Gasteiger partial charge in [-0.15, -0.1) is 0 Å². The van der Waals surface area contributed by atoms with E-state index in [0.29, 0.717) is 24.7 Å². The first-order valence-corrected chi connectivity index (χ1v) is 13.0. The van der Waals surface area contributed by atoms with Crippen LogP contribution in [0.4, 0.5) is 0 Å². The molecule has 0 aromatic heterocycles. The standard InChI is InChI=1S/C30H38O6/c1-5-7-11-17-33-26(31)19-35-29-23-13-9-10-14-24(23)30(28-22(4)21(3)15-16-25(28)29)36-20-27(32)34-18-12-8-6-2/h9-10,13-16H,5-8,11-12,17-20H2,1-4H3. The summed E-state index contributed by atoms with van der Waals surface area (Å²) >= 11 is 0. The monoisotopic (exact) mass is 494 g/mol. The van der Waals surface area contributed by atoms with Gasteiger partial charge in [0, 0.05) is 21.5 Å². The predicted octanol–water partition coefficient (Wildman–Crippen LogP) is 6.83. The highest BCUT2D eigenvalue weighted by atomic mass is 16.6. The molecule has 6 nitrogen and oxygen atoms in total. The second kappa shape index (κ2) is 13.7. The van der Waals surface area contributed by atoms with Gasteiger partial charge >= 0.3 is 11.9 Å². The third-order valence-electron chi connectivity index (χ3n) is 6.31. The highest BCUT2D eigenvalue weighted by molar-refractivity contribution is 6.12. The van der Waals surface area contributed by atoms with E-state index in [-0.39, 0.29) is 19.2 Å². The van der Waals surface area contributed by atoms with Crippen LogP contribution in [0.25, 0.3) is 21.5 Å². The predicted molar refractivity (Wildman–Crippen MR) is 143 cm³/mol. The number of carbonyl (C=O) groups is 2. The van der Waals surface area contributed by atoms with Crippen LogP contribution in [0, 0.1) is 13.8 Å². The summed E-state index contributed by atoms with van der Waals surface area (Å²) in [5.74, 6) is 0.434. The van der Waals surface area contributed by atoms with Crippen molar-refractivity contribution >= 4 is 33.5 Å². The fraction of sp³-hybridized carbons (Fsp3) is 0.467. The van der Waals surface area contributed by atoms with Crippen LogP contribution in [0.15, 0.2) is 36.4 Å². The molecule has 0 amide bonds. The van der Waals surface area contributed by atoms with E-state index in [2.05, 4.69) is 13.8 Å². The fourth-order valence-electron chi connectivity index (χ4n) is 4.18. The van der Waals surface area contributed by atoms with Crippen LogP contribution in [0.1, 0.15) is 63.5 Å². The van der Waals surface area contributed by atoms with E-state index in [1.165, 1.54) is 0 Å². The number of benzene rings is 3. The van der Waals surface area contributed by atoms with E-state index < -0.39 is 5.97 Å². The van der Waals surface area contributed by atoms with Crippen molar-refractivity contribution in [1.82, 2.24) is 0 Å². The van der Waals surface area contributed by atoms with E-state index >= 15 is 0 Å². The molecule has 3 aromatic carbocycles. The molecule has 0 saturated heterocycles. The van der Waals surface area contributed by atoms with Gasteiger partial charge in [0.05, 0.1) is 13.2 Å². The SMILES string of the molecule is CCCCCOC(=O)COc1c2ccccc2c(OCC(=O)OCCCCC)c2c(C)c(C)ccc12. The lowest BCUT2D eigenvalue weighted by atomic mass is 9.95. The minimum Gasteiger partial charge on any atom is -0.481 e. The lowest BCUT2D eigenvalue weighted by molar-refractivity contribution is -0.147. The molecule has 0 unspecified atom stereocenters. The number of hydrogen-bond donors (Lipinski definition) is 0. The molecule has 0 aliphatic carbocycles. The summed E-state index contributed by atoms with van der Waals surface area (Å²) in [6.07, 6.45) is 5.87. The summed E-state index contributed by atoms with van der Waals surface area (Å²) in [7, 11) is 0. The Kier molecular flexibility index (Phi) is 10.4. The molecular formula is C30H38O6. The van der Waals surface area contributed by atoms with Gasteiger partial charge in [-0.25, -0.2) is 9.59 Å². The summed E-state index contributed by atoms with van der Waals surface area (Å²) in [6.45, 7) is 8.71. The second-order valence-corrected chi connectivity index (χ2v) is 9.07. The molecule has 0 aliphatic rings. The topological polar surface area (TPSA) is 71.1 Å². The van der Waals surface area contributed by atoms with Crippen molar-refractivity contribution in [3.63, 3.8) is 0 Å². The smallest absolute Gasteiger partial charge is 0.344 e. The first-order valence-electron chi connectivity index (χ1n) is 13.0. The summed E-state index contributed by atoms with van der Waals surface area (Å²) in [4.78, 5) is 24.7. The van der Waals surface area contributed by atoms with Crippen molar-refractivity contribution < 1.29 is 28.5 Å². The Labute approximate surface area is 213 Å². The van der Waals surface area contributed by atoms with E-state index in [1.54, 1.807) is 0 Å². The van der Waals surface area contributed by atoms with Gasteiger partial charge in [-0.05, 0) is 37.8 Å². The van der Waals surface area contributed by atoms with Crippen LogP contribution in [0.3, 0.4) is 0 Å². The summed E-state index contributed by atoms with van der Waals surface area (Å²) in [5.41, 5.74) is 2.11. The largest absolute Gasteiger partial charge is 0.481 e. The highest BCUT2D eigenvalue weighted by Crippen LogP contribution is 2.44. The molecule has 0 heterocycles. The van der Waals surface area contributed by atoms with Gasteiger partial charge in [-0.1, -0.05) is 75.9 Å². The number of hydrogen-bond acceptors (Lipinski definition) is 6. The number of carbonyl (C=O) groups excluding carboxylic acids is 2. The maximum absolute atomic E-state index is 12.4. The molecule has 0 radical (unpaired) electrons. The molecule has 194 valence electrons. The maximum Gasteiger partial charge on any atom is 0.344 e. The summed E-state index contributed by atoms with van der Waals surface area (Å²) in [5, 5.41) is 3.29. The van der Waals surface area contributed by atoms with Gasteiger partial charge in [0.25, 0.3) is 0 Å². The van der Waals surface area contributed by atoms with Gasteiger partial charge in [0.15, 0.2) is 13.2 Å². The van der Waals surface area contributed by atoms with Crippen LogP contribution >= 0.6 is 0 Å². The number of aryl methyl sites for hydroxylation is 2. The van der Waals surface area contributed by atoms with Gasteiger partial charge in [0.1, 0.15) is 11.5 Å². The molecule has 3 rings (SSSR count). The van der Waals surface area contributed by atoms with Crippen molar-refractivity contribution in [3.8, 4) is 11.5 Å². The number of rotatable bonds is 14. The van der Waals surface area contributed by atoms with E-state index in [9.17, 15) is 9.59 Å². The van der Waals surface area contributed by atoms with Crippen molar-refractivity contribution in [3.05, 3.63) is 47.5 Å². The molecule has 0 aliphatic heterocycles. The van der Waals surface area contributed by atoms with E-state index in [4.69, 9.17) is 18.9 Å². The van der Waals surface area contributed by atoms with Crippen LogP contribution in [-0.4, -0.2) is 38.4 Å². The minimum atomic E-state index is -0.390. The zero-order valence-electron chi connectivity index (χ0n) is 22.0. The van der Waals surface area contributed by atoms with Crippen LogP contribution < -0.4 is 9.47 Å². The van der Waals surface area contributed by atoms with Gasteiger partial charge in [-0.3, -0.25) is 0 Å². The number of esters is 2. The molecule has 0 spiro atoms. The van der Waals surface area contributed by atoms with Gasteiger partial charge < -0.3 is 18.9 Å². The summed E-state index contributed by atoms with van der Waals surface area (Å²) < 4.78 is 22.9. The molecule has 0 bridgehead atoms. The average molecular weight is 495 g/mol. The second-order valence-electron chi connectivity index (χ2n) is 9.07. The quantitative estimate of drug-likeness (QED) is 0.139. The Morgan fingerprint density at radius 1 is 0.667 bits per heavy atom. The van der Waals surface area contributed by atoms with E-state index in [1.807, 2.05) is 50.2 Å². The first kappa shape index (κ1) is 27.3. The van der Waals surface area contributed by atoms with Crippen molar-refractivity contribution in [2.24, 2.45) is 0 Å². The molecule has 0 fully saturated rings. The van der Waals surface area contributed by atoms with Crippen LogP contribution in [-0.2, 0) is 19.1 Å². The maximum atomic E-state index is 12.4. The number of unbranched alkanes of at least 4 members (excludes halogenated alkanes) is 4. The molecule has 0 N–H and O–H groups in total. The molecule has 3 aromatic rings. The van der Waals surface area contributed by atoms with E-state index in [0.717, 1.165) is 71.2 Å². The highest BCUT2D eigenvalue weighted by Gasteiger charge is 2.20. The Balaban J connectivity index is 1.91. The van der Waals surface area contributed by atoms with Crippen molar-refractivity contribution in [1.29, 1.82) is 0 Å². The van der Waals surface area contributed by atoms with Gasteiger partial charge in [0.2, 0.25) is 0 Å².